The molecule has 0 saturated carbocycles. The molecule has 1 N–H and O–H groups in total. The summed E-state index contributed by atoms with van der Waals surface area (Å²) in [5.41, 5.74) is 2.47. The molecule has 0 aliphatic carbocycles. The first kappa shape index (κ1) is 14.6. The van der Waals surface area contributed by atoms with Crippen LogP contribution in [0.3, 0.4) is 0 Å². The van der Waals surface area contributed by atoms with Crippen LogP contribution in [0.4, 0.5) is 0 Å². The molecule has 0 saturated heterocycles. The Bertz CT molecular complexity index is 519. The van der Waals surface area contributed by atoms with Crippen molar-refractivity contribution in [1.29, 1.82) is 0 Å². The molecule has 1 unspecified atom stereocenters. The second-order valence-electron chi connectivity index (χ2n) is 4.74. The van der Waals surface area contributed by atoms with Crippen molar-refractivity contribution in [2.24, 2.45) is 0 Å². The number of ether oxygens (including phenoxy) is 1. The van der Waals surface area contributed by atoms with E-state index in [4.69, 9.17) is 4.74 Å². The molecular formula is C16H23N3O. The zero-order valence-electron chi connectivity index (χ0n) is 12.5. The predicted octanol–water partition coefficient (Wildman–Crippen LogP) is 3.15. The Labute approximate surface area is 120 Å². The van der Waals surface area contributed by atoms with Crippen LogP contribution in [0.1, 0.15) is 38.1 Å². The average Bonchev–Trinajstić information content (AvgIpc) is 2.93. The molecule has 0 bridgehead atoms. The normalized spacial score (nSPS) is 12.3. The van der Waals surface area contributed by atoms with Gasteiger partial charge in [-0.2, -0.15) is 5.10 Å². The maximum atomic E-state index is 5.46. The molecule has 1 aromatic heterocycles. The largest absolute Gasteiger partial charge is 0.494 e. The number of nitrogens with zero attached hydrogens (tertiary/aromatic N) is 2. The second kappa shape index (κ2) is 7.10. The van der Waals surface area contributed by atoms with E-state index in [0.717, 1.165) is 18.8 Å². The molecule has 0 aliphatic rings. The average molecular weight is 273 g/mol. The summed E-state index contributed by atoms with van der Waals surface area (Å²) in [6.45, 7) is 8.70. The summed E-state index contributed by atoms with van der Waals surface area (Å²) in [6.07, 6.45) is 1.85. The summed E-state index contributed by atoms with van der Waals surface area (Å²) in [6, 6.07) is 10.6. The van der Waals surface area contributed by atoms with E-state index in [-0.39, 0.29) is 0 Å². The minimum absolute atomic E-state index is 0.297. The quantitative estimate of drug-likeness (QED) is 0.842. The third-order valence-corrected chi connectivity index (χ3v) is 3.38. The summed E-state index contributed by atoms with van der Waals surface area (Å²) in [5, 5.41) is 7.80. The van der Waals surface area contributed by atoms with Gasteiger partial charge in [-0.1, -0.05) is 12.1 Å². The zero-order chi connectivity index (χ0) is 14.4. The number of nitrogens with one attached hydrogen (secondary N) is 1. The molecule has 1 atom stereocenters. The smallest absolute Gasteiger partial charge is 0.119 e. The fraction of sp³-hybridized carbons (Fsp3) is 0.438. The number of aromatic nitrogens is 2. The van der Waals surface area contributed by atoms with Gasteiger partial charge in [0.15, 0.2) is 0 Å². The van der Waals surface area contributed by atoms with E-state index in [0.29, 0.717) is 12.6 Å². The van der Waals surface area contributed by atoms with Crippen molar-refractivity contribution in [2.75, 3.05) is 6.61 Å². The first-order valence-electron chi connectivity index (χ1n) is 7.21. The lowest BCUT2D eigenvalue weighted by Gasteiger charge is -2.15. The summed E-state index contributed by atoms with van der Waals surface area (Å²) in [4.78, 5) is 0. The van der Waals surface area contributed by atoms with E-state index < -0.39 is 0 Å². The summed E-state index contributed by atoms with van der Waals surface area (Å²) < 4.78 is 7.47. The molecule has 1 heterocycles. The Balaban J connectivity index is 1.92. The van der Waals surface area contributed by atoms with Gasteiger partial charge in [0.1, 0.15) is 5.75 Å². The molecular weight excluding hydrogens is 250 g/mol. The Kier molecular flexibility index (Phi) is 5.18. The number of hydrogen-bond acceptors (Lipinski definition) is 3. The first-order chi connectivity index (χ1) is 9.74. The lowest BCUT2D eigenvalue weighted by atomic mass is 10.1. The third kappa shape index (κ3) is 3.61. The summed E-state index contributed by atoms with van der Waals surface area (Å²) in [5.74, 6) is 0.924. The number of aryl methyl sites for hydroxylation is 1. The fourth-order valence-corrected chi connectivity index (χ4v) is 2.19. The molecule has 0 aliphatic heterocycles. The minimum atomic E-state index is 0.297. The number of benzene rings is 1. The van der Waals surface area contributed by atoms with Crippen molar-refractivity contribution in [3.63, 3.8) is 0 Å². The van der Waals surface area contributed by atoms with Crippen molar-refractivity contribution in [3.05, 3.63) is 47.8 Å². The Morgan fingerprint density at radius 3 is 2.60 bits per heavy atom. The van der Waals surface area contributed by atoms with Crippen LogP contribution >= 0.6 is 0 Å². The summed E-state index contributed by atoms with van der Waals surface area (Å²) >= 11 is 0. The standard InChI is InChI=1S/C16H23N3O/c1-4-19-15(10-11-18-19)12-17-13(3)14-6-8-16(9-7-14)20-5-2/h6-11,13,17H,4-5,12H2,1-3H3. The molecule has 0 radical (unpaired) electrons. The molecule has 1 aromatic carbocycles. The molecule has 0 amide bonds. The van der Waals surface area contributed by atoms with Gasteiger partial charge in [-0.25, -0.2) is 0 Å². The molecule has 0 spiro atoms. The monoisotopic (exact) mass is 273 g/mol. The Hall–Kier alpha value is -1.81. The molecule has 0 fully saturated rings. The van der Waals surface area contributed by atoms with Gasteiger partial charge in [-0.3, -0.25) is 4.68 Å². The highest BCUT2D eigenvalue weighted by Gasteiger charge is 2.07. The number of rotatable bonds is 7. The Morgan fingerprint density at radius 1 is 1.20 bits per heavy atom. The lowest BCUT2D eigenvalue weighted by Crippen LogP contribution is -2.20. The van der Waals surface area contributed by atoms with E-state index in [1.165, 1.54) is 11.3 Å². The van der Waals surface area contributed by atoms with Crippen LogP contribution < -0.4 is 10.1 Å². The first-order valence-corrected chi connectivity index (χ1v) is 7.21. The maximum Gasteiger partial charge on any atom is 0.119 e. The van der Waals surface area contributed by atoms with E-state index in [2.05, 4.69) is 42.5 Å². The zero-order valence-corrected chi connectivity index (χ0v) is 12.5. The molecule has 4 heteroatoms. The van der Waals surface area contributed by atoms with Gasteiger partial charge in [-0.05, 0) is 44.5 Å². The van der Waals surface area contributed by atoms with Crippen LogP contribution in [-0.4, -0.2) is 16.4 Å². The fourth-order valence-electron chi connectivity index (χ4n) is 2.19. The minimum Gasteiger partial charge on any atom is -0.494 e. The molecule has 108 valence electrons. The van der Waals surface area contributed by atoms with Gasteiger partial charge < -0.3 is 10.1 Å². The van der Waals surface area contributed by atoms with Crippen molar-refractivity contribution in [1.82, 2.24) is 15.1 Å². The van der Waals surface area contributed by atoms with Crippen LogP contribution in [0.15, 0.2) is 36.5 Å². The molecule has 20 heavy (non-hydrogen) atoms. The van der Waals surface area contributed by atoms with Gasteiger partial charge >= 0.3 is 0 Å². The Morgan fingerprint density at radius 2 is 1.95 bits per heavy atom. The van der Waals surface area contributed by atoms with Crippen molar-refractivity contribution >= 4 is 0 Å². The highest BCUT2D eigenvalue weighted by molar-refractivity contribution is 5.29. The van der Waals surface area contributed by atoms with Gasteiger partial charge in [0.25, 0.3) is 0 Å². The SMILES string of the molecule is CCOc1ccc(C(C)NCc2ccnn2CC)cc1. The molecule has 2 rings (SSSR count). The van der Waals surface area contributed by atoms with Gasteiger partial charge in [-0.15, -0.1) is 0 Å². The van der Waals surface area contributed by atoms with E-state index in [1.54, 1.807) is 0 Å². The predicted molar refractivity (Wildman–Crippen MR) is 80.8 cm³/mol. The second-order valence-corrected chi connectivity index (χ2v) is 4.74. The summed E-state index contributed by atoms with van der Waals surface area (Å²) in [7, 11) is 0. The number of hydrogen-bond donors (Lipinski definition) is 1. The van der Waals surface area contributed by atoms with Crippen LogP contribution in [0.2, 0.25) is 0 Å². The highest BCUT2D eigenvalue weighted by Crippen LogP contribution is 2.18. The van der Waals surface area contributed by atoms with Gasteiger partial charge in [0, 0.05) is 25.3 Å². The van der Waals surface area contributed by atoms with E-state index in [9.17, 15) is 0 Å². The van der Waals surface area contributed by atoms with Gasteiger partial charge in [0.05, 0.1) is 12.3 Å². The maximum absolute atomic E-state index is 5.46. The molecule has 4 nitrogen and oxygen atoms in total. The van der Waals surface area contributed by atoms with Crippen molar-refractivity contribution in [3.8, 4) is 5.75 Å². The van der Waals surface area contributed by atoms with E-state index >= 15 is 0 Å². The lowest BCUT2D eigenvalue weighted by molar-refractivity contribution is 0.340. The van der Waals surface area contributed by atoms with E-state index in [1.807, 2.05) is 29.9 Å². The van der Waals surface area contributed by atoms with Crippen LogP contribution in [-0.2, 0) is 13.1 Å². The van der Waals surface area contributed by atoms with Gasteiger partial charge in [0.2, 0.25) is 0 Å². The van der Waals surface area contributed by atoms with Crippen LogP contribution in [0.5, 0.6) is 5.75 Å². The van der Waals surface area contributed by atoms with Crippen LogP contribution in [0, 0.1) is 0 Å². The highest BCUT2D eigenvalue weighted by atomic mass is 16.5. The third-order valence-electron chi connectivity index (χ3n) is 3.38. The molecule has 2 aromatic rings. The van der Waals surface area contributed by atoms with Crippen molar-refractivity contribution < 1.29 is 4.74 Å². The van der Waals surface area contributed by atoms with Crippen molar-refractivity contribution in [2.45, 2.75) is 39.9 Å². The van der Waals surface area contributed by atoms with Crippen LogP contribution in [0.25, 0.3) is 0 Å². The topological polar surface area (TPSA) is 39.1 Å².